The third-order valence-electron chi connectivity index (χ3n) is 9.31. The molecular weight excluding hydrogens is 624 g/mol. The highest BCUT2D eigenvalue weighted by molar-refractivity contribution is 6.19. The summed E-state index contributed by atoms with van der Waals surface area (Å²) in [5.41, 5.74) is 7.47. The maximum Gasteiger partial charge on any atom is 0.323 e. The number of carboxylic acid groups (broad SMARTS) is 1. The van der Waals surface area contributed by atoms with Crippen molar-refractivity contribution in [2.75, 3.05) is 6.54 Å². The van der Waals surface area contributed by atoms with Crippen molar-refractivity contribution in [3.8, 4) is 17.4 Å². The third-order valence-corrected chi connectivity index (χ3v) is 9.31. The second-order valence-electron chi connectivity index (χ2n) is 12.2. The number of aliphatic carboxylic acids is 1. The summed E-state index contributed by atoms with van der Waals surface area (Å²) >= 11 is 0. The van der Waals surface area contributed by atoms with E-state index >= 15 is 0 Å². The maximum atomic E-state index is 13.0. The number of fused-ring (bicyclic) bond motifs is 6. The van der Waals surface area contributed by atoms with Crippen LogP contribution in [-0.2, 0) is 14.4 Å². The molecule has 0 atom stereocenters. The van der Waals surface area contributed by atoms with Gasteiger partial charge in [-0.1, -0.05) is 72.8 Å². The molecule has 2 amide bonds. The minimum atomic E-state index is -1.34. The molecule has 0 saturated carbocycles. The Labute approximate surface area is 286 Å². The SMILES string of the molecule is CC1=C(C#N)C(=O)N(CC(=O)O)C(=O)C1=CC=Cc1ccc2c(c1)c1ccccc1n2-c1ccc(-n2c3ccccc3c3ccccc32)cc1. The molecule has 5 aromatic carbocycles. The first-order chi connectivity index (χ1) is 24.4. The number of nitriles is 1. The molecule has 1 aliphatic heterocycles. The Morgan fingerprint density at radius 1 is 0.700 bits per heavy atom. The van der Waals surface area contributed by atoms with Gasteiger partial charge in [-0.15, -0.1) is 0 Å². The summed E-state index contributed by atoms with van der Waals surface area (Å²) in [6.07, 6.45) is 5.03. The number of amides is 2. The van der Waals surface area contributed by atoms with Crippen molar-refractivity contribution in [3.63, 3.8) is 0 Å². The Morgan fingerprint density at radius 2 is 1.20 bits per heavy atom. The van der Waals surface area contributed by atoms with Crippen LogP contribution in [0.2, 0.25) is 0 Å². The van der Waals surface area contributed by atoms with Crippen LogP contribution < -0.4 is 0 Å². The van der Waals surface area contributed by atoms with Gasteiger partial charge in [0.05, 0.1) is 22.1 Å². The molecule has 0 bridgehead atoms. The first-order valence-electron chi connectivity index (χ1n) is 16.1. The molecule has 1 aliphatic rings. The predicted molar refractivity (Wildman–Crippen MR) is 195 cm³/mol. The largest absolute Gasteiger partial charge is 0.480 e. The molecule has 0 saturated heterocycles. The molecule has 0 spiro atoms. The molecule has 0 unspecified atom stereocenters. The van der Waals surface area contributed by atoms with Crippen molar-refractivity contribution in [1.29, 1.82) is 5.26 Å². The molecule has 2 aromatic heterocycles. The standard InChI is InChI=1S/C42H28N4O4/c1-26-30(41(49)44(25-40(47)48)42(50)35(26)24-43)13-8-9-27-17-22-39-34(23-27)33-12-4-7-16-38(33)46(39)29-20-18-28(19-21-29)45-36-14-5-2-10-31(36)32-11-3-6-15-37(32)45/h2-23H,25H2,1H3,(H,47,48). The van der Waals surface area contributed by atoms with Gasteiger partial charge in [0, 0.05) is 38.5 Å². The summed E-state index contributed by atoms with van der Waals surface area (Å²) in [6, 6.07) is 41.8. The van der Waals surface area contributed by atoms with E-state index in [0.29, 0.717) is 4.90 Å². The van der Waals surface area contributed by atoms with Gasteiger partial charge in [-0.2, -0.15) is 5.26 Å². The van der Waals surface area contributed by atoms with Gasteiger partial charge in [-0.25, -0.2) is 0 Å². The monoisotopic (exact) mass is 652 g/mol. The number of benzene rings is 5. The second kappa shape index (κ2) is 11.9. The number of nitrogens with zero attached hydrogens (tertiary/aromatic N) is 4. The lowest BCUT2D eigenvalue weighted by atomic mass is 9.95. The first-order valence-corrected chi connectivity index (χ1v) is 16.1. The number of rotatable bonds is 6. The minimum Gasteiger partial charge on any atom is -0.480 e. The molecule has 0 fully saturated rings. The number of imide groups is 1. The van der Waals surface area contributed by atoms with Gasteiger partial charge in [0.2, 0.25) is 0 Å². The average molecular weight is 653 g/mol. The van der Waals surface area contributed by atoms with Crippen LogP contribution in [-0.4, -0.2) is 43.5 Å². The molecular formula is C42H28N4O4. The zero-order valence-corrected chi connectivity index (χ0v) is 26.9. The van der Waals surface area contributed by atoms with Crippen molar-refractivity contribution in [3.05, 3.63) is 150 Å². The summed E-state index contributed by atoms with van der Waals surface area (Å²) in [5, 5.41) is 23.3. The Balaban J connectivity index is 1.17. The van der Waals surface area contributed by atoms with Gasteiger partial charge in [0.1, 0.15) is 18.2 Å². The number of carboxylic acids is 1. The molecule has 8 rings (SSSR count). The lowest BCUT2D eigenvalue weighted by molar-refractivity contribution is -0.149. The summed E-state index contributed by atoms with van der Waals surface area (Å²) in [4.78, 5) is 37.5. The van der Waals surface area contributed by atoms with Crippen molar-refractivity contribution >= 4 is 67.5 Å². The summed E-state index contributed by atoms with van der Waals surface area (Å²) in [7, 11) is 0. The van der Waals surface area contributed by atoms with E-state index in [-0.39, 0.29) is 16.7 Å². The topological polar surface area (TPSA) is 108 Å². The molecule has 3 heterocycles. The summed E-state index contributed by atoms with van der Waals surface area (Å²) in [5.74, 6) is -2.99. The van der Waals surface area contributed by atoms with Crippen molar-refractivity contribution in [2.24, 2.45) is 0 Å². The number of carbonyl (C=O) groups is 3. The number of allylic oxidation sites excluding steroid dienone is 2. The molecule has 0 aliphatic carbocycles. The summed E-state index contributed by atoms with van der Waals surface area (Å²) in [6.45, 7) is 0.698. The molecule has 8 nitrogen and oxygen atoms in total. The van der Waals surface area contributed by atoms with Gasteiger partial charge in [0.15, 0.2) is 0 Å². The zero-order valence-electron chi connectivity index (χ0n) is 26.9. The van der Waals surface area contributed by atoms with Gasteiger partial charge >= 0.3 is 5.97 Å². The van der Waals surface area contributed by atoms with Gasteiger partial charge < -0.3 is 14.2 Å². The van der Waals surface area contributed by atoms with Gasteiger partial charge in [0.25, 0.3) is 11.8 Å². The molecule has 50 heavy (non-hydrogen) atoms. The summed E-state index contributed by atoms with van der Waals surface area (Å²) < 4.78 is 4.55. The van der Waals surface area contributed by atoms with Crippen LogP contribution in [0.15, 0.2) is 144 Å². The molecule has 240 valence electrons. The van der Waals surface area contributed by atoms with Crippen LogP contribution >= 0.6 is 0 Å². The van der Waals surface area contributed by atoms with Crippen LogP contribution in [0.5, 0.6) is 0 Å². The minimum absolute atomic E-state index is 0.0979. The van der Waals surface area contributed by atoms with Crippen molar-refractivity contribution < 1.29 is 19.5 Å². The second-order valence-corrected chi connectivity index (χ2v) is 12.2. The average Bonchev–Trinajstić information content (AvgIpc) is 3.64. The van der Waals surface area contributed by atoms with Crippen LogP contribution in [0.3, 0.4) is 0 Å². The highest BCUT2D eigenvalue weighted by atomic mass is 16.4. The predicted octanol–water partition coefficient (Wildman–Crippen LogP) is 8.11. The number of aromatic nitrogens is 2. The highest BCUT2D eigenvalue weighted by Gasteiger charge is 2.36. The Hall–Kier alpha value is -6.98. The van der Waals surface area contributed by atoms with Crippen LogP contribution in [0, 0.1) is 11.3 Å². The first kappa shape index (κ1) is 30.4. The van der Waals surface area contributed by atoms with Crippen LogP contribution in [0.1, 0.15) is 12.5 Å². The number of para-hydroxylation sites is 3. The number of hydrogen-bond donors (Lipinski definition) is 1. The smallest absolute Gasteiger partial charge is 0.323 e. The van der Waals surface area contributed by atoms with E-state index in [1.54, 1.807) is 6.08 Å². The fourth-order valence-electron chi connectivity index (χ4n) is 7.01. The fraction of sp³-hybridized carbons (Fsp3) is 0.0476. The quantitative estimate of drug-likeness (QED) is 0.144. The Morgan fingerprint density at radius 3 is 1.72 bits per heavy atom. The fourth-order valence-corrected chi connectivity index (χ4v) is 7.01. The van der Waals surface area contributed by atoms with Crippen molar-refractivity contribution in [2.45, 2.75) is 6.92 Å². The highest BCUT2D eigenvalue weighted by Crippen LogP contribution is 2.35. The molecule has 1 N–H and O–H groups in total. The Bertz CT molecular complexity index is 2660. The van der Waals surface area contributed by atoms with E-state index < -0.39 is 24.3 Å². The van der Waals surface area contributed by atoms with E-state index in [2.05, 4.69) is 106 Å². The van der Waals surface area contributed by atoms with Gasteiger partial charge in [-0.05, 0) is 78.7 Å². The third kappa shape index (κ3) is 4.80. The van der Waals surface area contributed by atoms with E-state index in [9.17, 15) is 24.8 Å². The number of carbonyl (C=O) groups excluding carboxylic acids is 2. The van der Waals surface area contributed by atoms with Crippen LogP contribution in [0.25, 0.3) is 61.1 Å². The maximum absolute atomic E-state index is 13.0. The van der Waals surface area contributed by atoms with Crippen LogP contribution in [0.4, 0.5) is 0 Å². The zero-order chi connectivity index (χ0) is 34.5. The normalized spacial score (nSPS) is 14.6. The number of hydrogen-bond acceptors (Lipinski definition) is 4. The Kier molecular flexibility index (Phi) is 7.24. The molecule has 8 heteroatoms. The van der Waals surface area contributed by atoms with E-state index in [0.717, 1.165) is 49.8 Å². The van der Waals surface area contributed by atoms with E-state index in [1.807, 2.05) is 30.3 Å². The lowest BCUT2D eigenvalue weighted by Crippen LogP contribution is -2.45. The van der Waals surface area contributed by atoms with Crippen molar-refractivity contribution in [1.82, 2.24) is 14.0 Å². The van der Waals surface area contributed by atoms with Gasteiger partial charge in [-0.3, -0.25) is 19.3 Å². The molecule has 0 radical (unpaired) electrons. The lowest BCUT2D eigenvalue weighted by Gasteiger charge is -2.25. The van der Waals surface area contributed by atoms with E-state index in [1.165, 1.54) is 23.8 Å². The molecule has 7 aromatic rings. The van der Waals surface area contributed by atoms with E-state index in [4.69, 9.17) is 0 Å².